The van der Waals surface area contributed by atoms with Gasteiger partial charge in [0.05, 0.1) is 6.54 Å². The summed E-state index contributed by atoms with van der Waals surface area (Å²) in [7, 11) is 0. The molecule has 1 aliphatic carbocycles. The Morgan fingerprint density at radius 1 is 0.905 bits per heavy atom. The number of esters is 2. The molecular formula is C33H66N2O7. The molecular weight excluding hydrogens is 536 g/mol. The highest BCUT2D eigenvalue weighted by atomic mass is 16.6. The zero-order valence-corrected chi connectivity index (χ0v) is 29.2. The van der Waals surface area contributed by atoms with Crippen LogP contribution in [-0.4, -0.2) is 53.1 Å². The Bertz CT molecular complexity index is 779. The van der Waals surface area contributed by atoms with Crippen LogP contribution in [0.1, 0.15) is 135 Å². The molecule has 0 saturated heterocycles. The number of rotatable bonds is 11. The van der Waals surface area contributed by atoms with Crippen LogP contribution < -0.4 is 11.5 Å². The lowest BCUT2D eigenvalue weighted by atomic mass is 9.56. The quantitative estimate of drug-likeness (QED) is 0.244. The van der Waals surface area contributed by atoms with Gasteiger partial charge >= 0.3 is 11.9 Å². The maximum atomic E-state index is 11.9. The Kier molecular flexibility index (Phi) is 22.9. The second kappa shape index (κ2) is 21.7. The number of amides is 1. The third-order valence-corrected chi connectivity index (χ3v) is 6.08. The van der Waals surface area contributed by atoms with E-state index in [4.69, 9.17) is 26.0 Å². The van der Waals surface area contributed by atoms with E-state index in [0.29, 0.717) is 31.8 Å². The van der Waals surface area contributed by atoms with Gasteiger partial charge in [0.15, 0.2) is 0 Å². The largest absolute Gasteiger partial charge is 0.460 e. The molecule has 9 nitrogen and oxygen atoms in total. The number of ether oxygens (including phenoxy) is 2. The van der Waals surface area contributed by atoms with E-state index < -0.39 is 17.4 Å². The molecule has 9 heteroatoms. The predicted octanol–water partition coefficient (Wildman–Crippen LogP) is 5.97. The number of aliphatic hydroxyl groups is 1. The molecule has 0 heterocycles. The predicted molar refractivity (Wildman–Crippen MR) is 170 cm³/mol. The molecule has 1 saturated carbocycles. The van der Waals surface area contributed by atoms with Crippen molar-refractivity contribution in [2.24, 2.45) is 40.6 Å². The fraction of sp³-hybridized carbons (Fsp3) is 0.879. The van der Waals surface area contributed by atoms with Crippen molar-refractivity contribution in [1.82, 2.24) is 0 Å². The molecule has 0 aromatic carbocycles. The molecule has 0 aromatic heterocycles. The molecule has 3 atom stereocenters. The summed E-state index contributed by atoms with van der Waals surface area (Å²) in [5.41, 5.74) is 9.82. The molecule has 0 bridgehead atoms. The summed E-state index contributed by atoms with van der Waals surface area (Å²) in [6, 6.07) is 0. The molecule has 0 aromatic rings. The van der Waals surface area contributed by atoms with Gasteiger partial charge < -0.3 is 26.0 Å². The van der Waals surface area contributed by atoms with Crippen molar-refractivity contribution in [2.75, 3.05) is 13.2 Å². The molecule has 0 radical (unpaired) electrons. The van der Waals surface area contributed by atoms with E-state index >= 15 is 0 Å². The smallest absolute Gasteiger partial charge is 0.306 e. The van der Waals surface area contributed by atoms with Gasteiger partial charge in [-0.15, -0.1) is 0 Å². The number of nitrogens with two attached hydrogens (primary N) is 2. The molecule has 5 N–H and O–H groups in total. The minimum absolute atomic E-state index is 0.0272. The van der Waals surface area contributed by atoms with Gasteiger partial charge in [-0.3, -0.25) is 19.2 Å². The zero-order valence-electron chi connectivity index (χ0n) is 29.2. The number of hydrogen-bond donors (Lipinski definition) is 3. The molecule has 1 rings (SSSR count). The van der Waals surface area contributed by atoms with E-state index in [-0.39, 0.29) is 47.6 Å². The SMILES string of the molecule is CC(C)(C)OC(=O)CCC(CC1(C)CCC1C(=O)CN)C(N)=O.CC(C)C.CC(C)CCO.CCC(=O)OC(C)(C)C. The fourth-order valence-electron chi connectivity index (χ4n) is 3.98. The summed E-state index contributed by atoms with van der Waals surface area (Å²) in [5, 5.41) is 8.24. The molecule has 1 aliphatic rings. The number of hydrogen-bond acceptors (Lipinski definition) is 8. The van der Waals surface area contributed by atoms with Crippen molar-refractivity contribution in [2.45, 2.75) is 146 Å². The van der Waals surface area contributed by atoms with E-state index in [9.17, 15) is 19.2 Å². The highest BCUT2D eigenvalue weighted by molar-refractivity contribution is 5.84. The standard InChI is InChI=1S/C17H30N2O4.C7H14O2.C5H12O.C4H10/c1-16(2,3)23-14(21)6-5-11(15(19)22)9-17(4)8-7-12(17)13(20)10-18;1-5-6(8)9-7(2,3)4;1-5(2)3-4-6;1-4(2)3/h11-12H,5-10,18H2,1-4H3,(H2,19,22);5H2,1-4H3;5-6H,3-4H2,1-2H3;4H,1-3H3. The summed E-state index contributed by atoms with van der Waals surface area (Å²) < 4.78 is 10.2. The first-order chi connectivity index (χ1) is 18.9. The summed E-state index contributed by atoms with van der Waals surface area (Å²) in [6.45, 7) is 25.8. The zero-order chi connectivity index (χ0) is 33.9. The Balaban J connectivity index is -0.000000652. The summed E-state index contributed by atoms with van der Waals surface area (Å²) in [6.07, 6.45) is 4.09. The van der Waals surface area contributed by atoms with Crippen LogP contribution in [0, 0.1) is 29.1 Å². The average Bonchev–Trinajstić information content (AvgIpc) is 2.78. The molecule has 250 valence electrons. The third-order valence-electron chi connectivity index (χ3n) is 6.08. The van der Waals surface area contributed by atoms with E-state index in [1.54, 1.807) is 27.7 Å². The van der Waals surface area contributed by atoms with Gasteiger partial charge in [0.2, 0.25) is 5.91 Å². The van der Waals surface area contributed by atoms with Crippen LogP contribution in [0.4, 0.5) is 0 Å². The number of Topliss-reactive ketones (excluding diaryl/α,β-unsaturated/α-hetero) is 1. The number of primary amides is 1. The molecule has 1 fully saturated rings. The minimum Gasteiger partial charge on any atom is -0.460 e. The molecule has 42 heavy (non-hydrogen) atoms. The molecule has 1 amide bonds. The fourth-order valence-corrected chi connectivity index (χ4v) is 3.98. The van der Waals surface area contributed by atoms with E-state index in [1.165, 1.54) is 0 Å². The summed E-state index contributed by atoms with van der Waals surface area (Å²) >= 11 is 0. The van der Waals surface area contributed by atoms with Crippen LogP contribution in [0.5, 0.6) is 0 Å². The number of carbonyl (C=O) groups is 4. The van der Waals surface area contributed by atoms with Crippen molar-refractivity contribution in [1.29, 1.82) is 0 Å². The second-order valence-corrected chi connectivity index (χ2v) is 14.4. The van der Waals surface area contributed by atoms with Gasteiger partial charge in [-0.1, -0.05) is 48.5 Å². The van der Waals surface area contributed by atoms with Crippen molar-refractivity contribution in [3.05, 3.63) is 0 Å². The first-order valence-corrected chi connectivity index (χ1v) is 15.5. The van der Waals surface area contributed by atoms with Crippen LogP contribution in [0.15, 0.2) is 0 Å². The number of ketones is 1. The maximum Gasteiger partial charge on any atom is 0.306 e. The lowest BCUT2D eigenvalue weighted by Gasteiger charge is -2.47. The normalized spacial score (nSPS) is 18.5. The van der Waals surface area contributed by atoms with Crippen molar-refractivity contribution in [3.63, 3.8) is 0 Å². The molecule has 3 unspecified atom stereocenters. The van der Waals surface area contributed by atoms with Crippen LogP contribution >= 0.6 is 0 Å². The molecule has 0 aliphatic heterocycles. The van der Waals surface area contributed by atoms with Crippen LogP contribution in [0.2, 0.25) is 0 Å². The number of carbonyl (C=O) groups excluding carboxylic acids is 4. The maximum absolute atomic E-state index is 11.9. The Morgan fingerprint density at radius 2 is 1.36 bits per heavy atom. The van der Waals surface area contributed by atoms with Gasteiger partial charge in [0.25, 0.3) is 0 Å². The van der Waals surface area contributed by atoms with Crippen LogP contribution in [-0.2, 0) is 28.7 Å². The molecule has 0 spiro atoms. The van der Waals surface area contributed by atoms with E-state index in [2.05, 4.69) is 34.6 Å². The van der Waals surface area contributed by atoms with Gasteiger partial charge in [-0.25, -0.2) is 0 Å². The van der Waals surface area contributed by atoms with E-state index in [0.717, 1.165) is 25.2 Å². The Labute approximate surface area is 257 Å². The average molecular weight is 603 g/mol. The highest BCUT2D eigenvalue weighted by Gasteiger charge is 2.47. The highest BCUT2D eigenvalue weighted by Crippen LogP contribution is 2.51. The first kappa shape index (κ1) is 44.4. The van der Waals surface area contributed by atoms with Gasteiger partial charge in [-0.2, -0.15) is 0 Å². The second-order valence-electron chi connectivity index (χ2n) is 14.4. The minimum atomic E-state index is -0.544. The van der Waals surface area contributed by atoms with Crippen LogP contribution in [0.25, 0.3) is 0 Å². The van der Waals surface area contributed by atoms with Crippen molar-refractivity contribution in [3.8, 4) is 0 Å². The van der Waals surface area contributed by atoms with Crippen LogP contribution in [0.3, 0.4) is 0 Å². The van der Waals surface area contributed by atoms with Gasteiger partial charge in [-0.05, 0) is 90.9 Å². The van der Waals surface area contributed by atoms with Crippen molar-refractivity contribution >= 4 is 23.6 Å². The monoisotopic (exact) mass is 602 g/mol. The lowest BCUT2D eigenvalue weighted by Crippen LogP contribution is -2.47. The first-order valence-electron chi connectivity index (χ1n) is 15.5. The number of aliphatic hydroxyl groups excluding tert-OH is 1. The van der Waals surface area contributed by atoms with Crippen molar-refractivity contribution < 1.29 is 33.8 Å². The lowest BCUT2D eigenvalue weighted by molar-refractivity contribution is -0.156. The van der Waals surface area contributed by atoms with E-state index in [1.807, 2.05) is 27.7 Å². The summed E-state index contributed by atoms with van der Waals surface area (Å²) in [4.78, 5) is 46.0. The topological polar surface area (TPSA) is 159 Å². The van der Waals surface area contributed by atoms with Gasteiger partial charge in [0, 0.05) is 31.3 Å². The summed E-state index contributed by atoms with van der Waals surface area (Å²) in [5.74, 6) is 0.0844. The van der Waals surface area contributed by atoms with Gasteiger partial charge in [0.1, 0.15) is 17.0 Å². The third kappa shape index (κ3) is 25.7. The Hall–Kier alpha value is -2.00. The Morgan fingerprint density at radius 3 is 1.60 bits per heavy atom.